The van der Waals surface area contributed by atoms with Crippen molar-refractivity contribution in [2.45, 2.75) is 39.7 Å². The molecule has 1 aliphatic heterocycles. The van der Waals surface area contributed by atoms with Crippen LogP contribution in [0.25, 0.3) is 0 Å². The minimum atomic E-state index is -0.708. The highest BCUT2D eigenvalue weighted by Gasteiger charge is 2.39. The van der Waals surface area contributed by atoms with Crippen molar-refractivity contribution in [3.05, 3.63) is 0 Å². The molecule has 3 nitrogen and oxygen atoms in total. The first-order valence-electron chi connectivity index (χ1n) is 5.76. The van der Waals surface area contributed by atoms with Crippen LogP contribution in [0, 0.1) is 11.3 Å². The number of halogens is 1. The van der Waals surface area contributed by atoms with E-state index in [0.717, 1.165) is 13.0 Å². The Hall–Kier alpha value is -0.280. The third-order valence-electron chi connectivity index (χ3n) is 3.39. The summed E-state index contributed by atoms with van der Waals surface area (Å²) >= 11 is 5.80. The van der Waals surface area contributed by atoms with Gasteiger partial charge in [-0.3, -0.25) is 4.79 Å². The summed E-state index contributed by atoms with van der Waals surface area (Å²) in [5, 5.41) is 9.91. The fraction of sp³-hybridized carbons (Fsp3) is 0.917. The number of hydrogen-bond acceptors (Lipinski definition) is 2. The lowest BCUT2D eigenvalue weighted by Crippen LogP contribution is -2.42. The topological polar surface area (TPSA) is 40.5 Å². The fourth-order valence-electron chi connectivity index (χ4n) is 2.01. The predicted molar refractivity (Wildman–Crippen MR) is 65.5 cm³/mol. The number of likely N-dealkylation sites (tertiary alicyclic amines) is 1. The molecule has 0 aromatic rings. The third-order valence-corrected chi connectivity index (χ3v) is 4.06. The molecular formula is C12H22ClNO2. The molecule has 1 fully saturated rings. The number of alkyl halides is 1. The Morgan fingerprint density at radius 2 is 2.00 bits per heavy atom. The summed E-state index contributed by atoms with van der Waals surface area (Å²) in [7, 11) is 0. The van der Waals surface area contributed by atoms with Crippen molar-refractivity contribution in [3.8, 4) is 0 Å². The standard InChI is InChI=1S/C12H22ClNO2/c1-11(2,8-13)10(15)14-6-5-9(7-14)12(3,4)16/h9,16H,5-8H2,1-4H3. The molecule has 1 unspecified atom stereocenters. The largest absolute Gasteiger partial charge is 0.390 e. The lowest BCUT2D eigenvalue weighted by atomic mass is 9.90. The number of amides is 1. The average Bonchev–Trinajstić information content (AvgIpc) is 2.64. The summed E-state index contributed by atoms with van der Waals surface area (Å²) in [5.41, 5.74) is -1.21. The fourth-order valence-corrected chi connectivity index (χ4v) is 2.12. The highest BCUT2D eigenvalue weighted by Crippen LogP contribution is 2.30. The lowest BCUT2D eigenvalue weighted by molar-refractivity contribution is -0.138. The molecule has 94 valence electrons. The van der Waals surface area contributed by atoms with Gasteiger partial charge in [-0.1, -0.05) is 0 Å². The summed E-state index contributed by atoms with van der Waals surface area (Å²) < 4.78 is 0. The van der Waals surface area contributed by atoms with Gasteiger partial charge in [0, 0.05) is 24.9 Å². The van der Waals surface area contributed by atoms with Crippen LogP contribution in [0.2, 0.25) is 0 Å². The van der Waals surface area contributed by atoms with Gasteiger partial charge in [0.15, 0.2) is 0 Å². The van der Waals surface area contributed by atoms with E-state index < -0.39 is 11.0 Å². The molecule has 4 heteroatoms. The van der Waals surface area contributed by atoms with E-state index in [0.29, 0.717) is 12.4 Å². The van der Waals surface area contributed by atoms with Crippen LogP contribution < -0.4 is 0 Å². The smallest absolute Gasteiger partial charge is 0.229 e. The van der Waals surface area contributed by atoms with Crippen molar-refractivity contribution < 1.29 is 9.90 Å². The number of carbonyl (C=O) groups excluding carboxylic acids is 1. The Bertz CT molecular complexity index is 271. The Kier molecular flexibility index (Phi) is 3.91. The van der Waals surface area contributed by atoms with Crippen molar-refractivity contribution in [1.82, 2.24) is 4.90 Å². The van der Waals surface area contributed by atoms with Crippen molar-refractivity contribution in [3.63, 3.8) is 0 Å². The second kappa shape index (κ2) is 4.53. The zero-order chi connectivity index (χ0) is 12.6. The Morgan fingerprint density at radius 1 is 1.44 bits per heavy atom. The second-order valence-corrected chi connectivity index (χ2v) is 6.18. The van der Waals surface area contributed by atoms with Gasteiger partial charge in [0.25, 0.3) is 0 Å². The average molecular weight is 248 g/mol. The van der Waals surface area contributed by atoms with E-state index in [1.165, 1.54) is 0 Å². The van der Waals surface area contributed by atoms with Gasteiger partial charge >= 0.3 is 0 Å². The molecule has 1 atom stereocenters. The van der Waals surface area contributed by atoms with E-state index in [2.05, 4.69) is 0 Å². The molecule has 1 heterocycles. The first-order chi connectivity index (χ1) is 7.18. The summed E-state index contributed by atoms with van der Waals surface area (Å²) in [6.45, 7) is 8.70. The lowest BCUT2D eigenvalue weighted by Gasteiger charge is -2.29. The maximum Gasteiger partial charge on any atom is 0.229 e. The first-order valence-corrected chi connectivity index (χ1v) is 6.29. The third kappa shape index (κ3) is 2.89. The van der Waals surface area contributed by atoms with Gasteiger partial charge in [-0.25, -0.2) is 0 Å². The molecular weight excluding hydrogens is 226 g/mol. The van der Waals surface area contributed by atoms with Crippen LogP contribution in [0.5, 0.6) is 0 Å². The zero-order valence-corrected chi connectivity index (χ0v) is 11.3. The van der Waals surface area contributed by atoms with Gasteiger partial charge in [-0.05, 0) is 34.1 Å². The maximum absolute atomic E-state index is 12.1. The molecule has 0 aromatic carbocycles. The Labute approximate surface area is 103 Å². The van der Waals surface area contributed by atoms with E-state index in [9.17, 15) is 9.90 Å². The van der Waals surface area contributed by atoms with E-state index in [-0.39, 0.29) is 11.8 Å². The minimum absolute atomic E-state index is 0.0919. The molecule has 0 radical (unpaired) electrons. The number of hydrogen-bond donors (Lipinski definition) is 1. The summed E-state index contributed by atoms with van der Waals surface area (Å²) in [6, 6.07) is 0. The molecule has 0 aliphatic carbocycles. The number of aliphatic hydroxyl groups is 1. The van der Waals surface area contributed by atoms with Gasteiger partial charge < -0.3 is 10.0 Å². The van der Waals surface area contributed by atoms with Crippen LogP contribution in [0.3, 0.4) is 0 Å². The van der Waals surface area contributed by atoms with Gasteiger partial charge in [0.2, 0.25) is 5.91 Å². The number of nitrogens with zero attached hydrogens (tertiary/aromatic N) is 1. The van der Waals surface area contributed by atoms with Crippen molar-refractivity contribution in [2.24, 2.45) is 11.3 Å². The van der Waals surface area contributed by atoms with Crippen LogP contribution in [-0.2, 0) is 4.79 Å². The van der Waals surface area contributed by atoms with Crippen LogP contribution in [0.4, 0.5) is 0 Å². The van der Waals surface area contributed by atoms with Gasteiger partial charge in [0.1, 0.15) is 0 Å². The normalized spacial score (nSPS) is 22.6. The maximum atomic E-state index is 12.1. The van der Waals surface area contributed by atoms with Crippen molar-refractivity contribution in [1.29, 1.82) is 0 Å². The highest BCUT2D eigenvalue weighted by molar-refractivity contribution is 6.19. The van der Waals surface area contributed by atoms with Crippen LogP contribution in [0.15, 0.2) is 0 Å². The van der Waals surface area contributed by atoms with Gasteiger partial charge in [-0.15, -0.1) is 11.6 Å². The van der Waals surface area contributed by atoms with Crippen molar-refractivity contribution >= 4 is 17.5 Å². The molecule has 1 aliphatic rings. The first kappa shape index (κ1) is 13.8. The van der Waals surface area contributed by atoms with Crippen LogP contribution in [-0.4, -0.2) is 40.5 Å². The summed E-state index contributed by atoms with van der Waals surface area (Å²) in [5.74, 6) is 0.590. The molecule has 0 saturated carbocycles. The minimum Gasteiger partial charge on any atom is -0.390 e. The van der Waals surface area contributed by atoms with E-state index in [1.807, 2.05) is 18.7 Å². The predicted octanol–water partition coefficient (Wildman–Crippen LogP) is 1.87. The molecule has 1 amide bonds. The van der Waals surface area contributed by atoms with E-state index in [4.69, 9.17) is 11.6 Å². The molecule has 1 N–H and O–H groups in total. The number of carbonyl (C=O) groups is 1. The summed E-state index contributed by atoms with van der Waals surface area (Å²) in [4.78, 5) is 14.0. The van der Waals surface area contributed by atoms with Crippen LogP contribution in [0.1, 0.15) is 34.1 Å². The van der Waals surface area contributed by atoms with E-state index in [1.54, 1.807) is 13.8 Å². The molecule has 0 aromatic heterocycles. The Morgan fingerprint density at radius 3 is 2.38 bits per heavy atom. The number of rotatable bonds is 3. The molecule has 16 heavy (non-hydrogen) atoms. The second-order valence-electron chi connectivity index (χ2n) is 5.91. The zero-order valence-electron chi connectivity index (χ0n) is 10.6. The molecule has 1 rings (SSSR count). The highest BCUT2D eigenvalue weighted by atomic mass is 35.5. The monoisotopic (exact) mass is 247 g/mol. The van der Waals surface area contributed by atoms with Crippen molar-refractivity contribution in [2.75, 3.05) is 19.0 Å². The molecule has 1 saturated heterocycles. The van der Waals surface area contributed by atoms with Gasteiger partial charge in [-0.2, -0.15) is 0 Å². The molecule has 0 spiro atoms. The van der Waals surface area contributed by atoms with Gasteiger partial charge in [0.05, 0.1) is 11.0 Å². The Balaban J connectivity index is 2.64. The molecule has 0 bridgehead atoms. The SMILES string of the molecule is CC(C)(CCl)C(=O)N1CCC(C(C)(C)O)C1. The van der Waals surface area contributed by atoms with Crippen LogP contribution >= 0.6 is 11.6 Å². The quantitative estimate of drug-likeness (QED) is 0.774. The summed E-state index contributed by atoms with van der Waals surface area (Å²) in [6.07, 6.45) is 0.869. The van der Waals surface area contributed by atoms with E-state index >= 15 is 0 Å².